The molecule has 1 aliphatic rings. The summed E-state index contributed by atoms with van der Waals surface area (Å²) in [5.41, 5.74) is 2.52. The van der Waals surface area contributed by atoms with E-state index in [4.69, 9.17) is 11.6 Å². The molecule has 1 heterocycles. The maximum Gasteiger partial charge on any atom is 0.132 e. The highest BCUT2D eigenvalue weighted by Gasteiger charge is 2.16. The van der Waals surface area contributed by atoms with Crippen LogP contribution in [0.3, 0.4) is 0 Å². The Bertz CT molecular complexity index is 339. The van der Waals surface area contributed by atoms with Crippen molar-refractivity contribution in [3.8, 4) is 0 Å². The number of anilines is 1. The van der Waals surface area contributed by atoms with Crippen LogP contribution < -0.4 is 5.32 Å². The van der Waals surface area contributed by atoms with Crippen molar-refractivity contribution in [2.75, 3.05) is 11.9 Å². The Kier molecular flexibility index (Phi) is 3.41. The van der Waals surface area contributed by atoms with E-state index in [2.05, 4.69) is 15.3 Å². The Morgan fingerprint density at radius 3 is 3.13 bits per heavy atom. The number of halogens is 1. The van der Waals surface area contributed by atoms with Crippen molar-refractivity contribution in [3.05, 3.63) is 17.6 Å². The fourth-order valence-electron chi connectivity index (χ4n) is 1.90. The minimum absolute atomic E-state index is 0.215. The van der Waals surface area contributed by atoms with Crippen molar-refractivity contribution in [2.45, 2.75) is 38.0 Å². The molecule has 0 aliphatic heterocycles. The molecule has 0 saturated carbocycles. The van der Waals surface area contributed by atoms with Gasteiger partial charge in [-0.05, 0) is 32.6 Å². The Morgan fingerprint density at radius 2 is 2.33 bits per heavy atom. The van der Waals surface area contributed by atoms with Crippen LogP contribution in [0.1, 0.15) is 31.0 Å². The van der Waals surface area contributed by atoms with Gasteiger partial charge in [0.2, 0.25) is 0 Å². The summed E-state index contributed by atoms with van der Waals surface area (Å²) in [7, 11) is 0. The minimum atomic E-state index is 0.215. The van der Waals surface area contributed by atoms with Gasteiger partial charge in [-0.3, -0.25) is 0 Å². The summed E-state index contributed by atoms with van der Waals surface area (Å²) in [5.74, 6) is 1.01. The fraction of sp³-hybridized carbons (Fsp3) is 0.636. The van der Waals surface area contributed by atoms with Crippen LogP contribution in [0, 0.1) is 0 Å². The van der Waals surface area contributed by atoms with Gasteiger partial charge in [-0.25, -0.2) is 9.97 Å². The smallest absolute Gasteiger partial charge is 0.132 e. The molecule has 82 valence electrons. The molecule has 1 atom stereocenters. The van der Waals surface area contributed by atoms with Gasteiger partial charge in [0.15, 0.2) is 0 Å². The first-order valence-corrected chi connectivity index (χ1v) is 5.91. The quantitative estimate of drug-likeness (QED) is 0.800. The number of hydrogen-bond acceptors (Lipinski definition) is 3. The summed E-state index contributed by atoms with van der Waals surface area (Å²) in [6.07, 6.45) is 6.01. The molecule has 1 aliphatic carbocycles. The van der Waals surface area contributed by atoms with Crippen molar-refractivity contribution < 1.29 is 0 Å². The van der Waals surface area contributed by atoms with Gasteiger partial charge in [0, 0.05) is 23.2 Å². The van der Waals surface area contributed by atoms with Gasteiger partial charge in [0.05, 0.1) is 0 Å². The zero-order valence-corrected chi connectivity index (χ0v) is 9.72. The van der Waals surface area contributed by atoms with Crippen molar-refractivity contribution in [1.29, 1.82) is 0 Å². The molecule has 0 amide bonds. The van der Waals surface area contributed by atoms with E-state index in [1.165, 1.54) is 17.7 Å². The lowest BCUT2D eigenvalue weighted by Crippen LogP contribution is -2.09. The van der Waals surface area contributed by atoms with Gasteiger partial charge in [0.25, 0.3) is 0 Å². The predicted octanol–water partition coefficient (Wildman–Crippen LogP) is 2.39. The molecule has 15 heavy (non-hydrogen) atoms. The Hall–Kier alpha value is -0.830. The average molecular weight is 226 g/mol. The third-order valence-electron chi connectivity index (χ3n) is 2.71. The number of fused-ring (bicyclic) bond motifs is 1. The summed E-state index contributed by atoms with van der Waals surface area (Å²) in [6, 6.07) is 0. The lowest BCUT2D eigenvalue weighted by molar-refractivity contribution is 0.836. The van der Waals surface area contributed by atoms with Crippen molar-refractivity contribution >= 4 is 17.4 Å². The predicted molar refractivity (Wildman–Crippen MR) is 62.5 cm³/mol. The third kappa shape index (κ3) is 2.59. The number of alkyl halides is 1. The van der Waals surface area contributed by atoms with Crippen molar-refractivity contribution in [2.24, 2.45) is 0 Å². The fourth-order valence-corrected chi connectivity index (χ4v) is 2.01. The maximum absolute atomic E-state index is 5.89. The molecule has 3 nitrogen and oxygen atoms in total. The highest BCUT2D eigenvalue weighted by molar-refractivity contribution is 6.20. The normalized spacial score (nSPS) is 16.1. The minimum Gasteiger partial charge on any atom is -0.370 e. The summed E-state index contributed by atoms with van der Waals surface area (Å²) in [4.78, 5) is 8.57. The lowest BCUT2D eigenvalue weighted by Gasteiger charge is -2.09. The van der Waals surface area contributed by atoms with Crippen LogP contribution in [0.25, 0.3) is 0 Å². The first kappa shape index (κ1) is 10.7. The van der Waals surface area contributed by atoms with Crippen LogP contribution in [0.15, 0.2) is 6.33 Å². The van der Waals surface area contributed by atoms with E-state index in [1.54, 1.807) is 6.33 Å². The topological polar surface area (TPSA) is 37.8 Å². The second-order valence-corrected chi connectivity index (χ2v) is 4.74. The molecule has 0 bridgehead atoms. The van der Waals surface area contributed by atoms with Crippen molar-refractivity contribution in [3.63, 3.8) is 0 Å². The highest BCUT2D eigenvalue weighted by Crippen LogP contribution is 2.24. The van der Waals surface area contributed by atoms with Gasteiger partial charge in [0.1, 0.15) is 12.1 Å². The van der Waals surface area contributed by atoms with Gasteiger partial charge in [-0.1, -0.05) is 0 Å². The summed E-state index contributed by atoms with van der Waals surface area (Å²) in [5, 5.41) is 3.56. The van der Waals surface area contributed by atoms with E-state index in [0.29, 0.717) is 0 Å². The monoisotopic (exact) mass is 225 g/mol. The Morgan fingerprint density at radius 1 is 1.47 bits per heavy atom. The molecular formula is C11H16ClN3. The first-order valence-electron chi connectivity index (χ1n) is 5.48. The van der Waals surface area contributed by atoms with Gasteiger partial charge >= 0.3 is 0 Å². The molecule has 4 heteroatoms. The van der Waals surface area contributed by atoms with E-state index < -0.39 is 0 Å². The van der Waals surface area contributed by atoms with Crippen LogP contribution in [-0.4, -0.2) is 21.9 Å². The molecular weight excluding hydrogens is 210 g/mol. The average Bonchev–Trinajstić information content (AvgIpc) is 2.65. The van der Waals surface area contributed by atoms with Crippen molar-refractivity contribution in [1.82, 2.24) is 9.97 Å². The molecule has 0 aromatic carbocycles. The van der Waals surface area contributed by atoms with E-state index in [0.717, 1.165) is 31.6 Å². The number of nitrogens with zero attached hydrogens (tertiary/aromatic N) is 2. The standard InChI is InChI=1S/C11H16ClN3/c1-8(12)5-6-13-11-9-3-2-4-10(9)14-7-15-11/h7-8H,2-6H2,1H3,(H,13,14,15). The van der Waals surface area contributed by atoms with Crippen LogP contribution in [-0.2, 0) is 12.8 Å². The number of hydrogen-bond donors (Lipinski definition) is 1. The van der Waals surface area contributed by atoms with Gasteiger partial charge in [-0.15, -0.1) is 11.6 Å². The van der Waals surface area contributed by atoms with Crippen LogP contribution in [0.5, 0.6) is 0 Å². The van der Waals surface area contributed by atoms with Gasteiger partial charge < -0.3 is 5.32 Å². The number of rotatable bonds is 4. The molecule has 1 aromatic rings. The Balaban J connectivity index is 2.00. The molecule has 1 N–H and O–H groups in total. The first-order chi connectivity index (χ1) is 7.27. The maximum atomic E-state index is 5.89. The SMILES string of the molecule is CC(Cl)CCNc1ncnc2c1CCC2. The number of aryl methyl sites for hydroxylation is 1. The summed E-state index contributed by atoms with van der Waals surface area (Å²) < 4.78 is 0. The van der Waals surface area contributed by atoms with E-state index in [1.807, 2.05) is 6.92 Å². The lowest BCUT2D eigenvalue weighted by atomic mass is 10.2. The second kappa shape index (κ2) is 4.79. The molecule has 1 unspecified atom stereocenters. The summed E-state index contributed by atoms with van der Waals surface area (Å²) >= 11 is 5.89. The second-order valence-electron chi connectivity index (χ2n) is 4.00. The highest BCUT2D eigenvalue weighted by atomic mass is 35.5. The van der Waals surface area contributed by atoms with E-state index in [9.17, 15) is 0 Å². The molecule has 0 spiro atoms. The third-order valence-corrected chi connectivity index (χ3v) is 2.93. The van der Waals surface area contributed by atoms with Crippen LogP contribution >= 0.6 is 11.6 Å². The number of aromatic nitrogens is 2. The zero-order chi connectivity index (χ0) is 10.7. The Labute approximate surface area is 95.3 Å². The van der Waals surface area contributed by atoms with Crippen LogP contribution in [0.4, 0.5) is 5.82 Å². The largest absolute Gasteiger partial charge is 0.370 e. The van der Waals surface area contributed by atoms with Gasteiger partial charge in [-0.2, -0.15) is 0 Å². The number of nitrogens with one attached hydrogen (secondary N) is 1. The summed E-state index contributed by atoms with van der Waals surface area (Å²) in [6.45, 7) is 2.89. The van der Waals surface area contributed by atoms with Crippen LogP contribution in [0.2, 0.25) is 0 Å². The molecule has 0 fully saturated rings. The molecule has 0 saturated heterocycles. The van der Waals surface area contributed by atoms with E-state index >= 15 is 0 Å². The van der Waals surface area contributed by atoms with E-state index in [-0.39, 0.29) is 5.38 Å². The molecule has 0 radical (unpaired) electrons. The molecule has 1 aromatic heterocycles. The zero-order valence-electron chi connectivity index (χ0n) is 8.96. The molecule has 2 rings (SSSR count).